The summed E-state index contributed by atoms with van der Waals surface area (Å²) in [5.74, 6) is 0.177. The zero-order valence-corrected chi connectivity index (χ0v) is 12.3. The first-order valence-electron chi connectivity index (χ1n) is 6.87. The van der Waals surface area contributed by atoms with Crippen LogP contribution in [-0.2, 0) is 0 Å². The van der Waals surface area contributed by atoms with E-state index in [9.17, 15) is 4.79 Å². The van der Waals surface area contributed by atoms with E-state index in [1.165, 1.54) is 4.80 Å². The van der Waals surface area contributed by atoms with Gasteiger partial charge in [-0.25, -0.2) is 4.98 Å². The lowest BCUT2D eigenvalue weighted by molar-refractivity contribution is 0.102. The van der Waals surface area contributed by atoms with Crippen molar-refractivity contribution in [1.29, 1.82) is 0 Å². The van der Waals surface area contributed by atoms with Gasteiger partial charge >= 0.3 is 0 Å². The lowest BCUT2D eigenvalue weighted by Crippen LogP contribution is -2.15. The number of anilines is 1. The molecule has 22 heavy (non-hydrogen) atoms. The number of aryl methyl sites for hydroxylation is 2. The SMILES string of the molecule is Cc1ccnc(NC(=O)c2nn(-c3ccccc3)nc2C)c1. The smallest absolute Gasteiger partial charge is 0.279 e. The van der Waals surface area contributed by atoms with Crippen LogP contribution >= 0.6 is 0 Å². The van der Waals surface area contributed by atoms with Crippen LogP contribution < -0.4 is 5.32 Å². The molecule has 1 amide bonds. The molecule has 0 radical (unpaired) electrons. The van der Waals surface area contributed by atoms with Crippen LogP contribution in [0.3, 0.4) is 0 Å². The molecule has 0 unspecified atom stereocenters. The molecule has 0 atom stereocenters. The van der Waals surface area contributed by atoms with Crippen LogP contribution in [0.1, 0.15) is 21.7 Å². The first-order chi connectivity index (χ1) is 10.6. The van der Waals surface area contributed by atoms with Gasteiger partial charge in [-0.2, -0.15) is 9.90 Å². The van der Waals surface area contributed by atoms with Crippen molar-refractivity contribution in [2.75, 3.05) is 5.32 Å². The van der Waals surface area contributed by atoms with E-state index >= 15 is 0 Å². The van der Waals surface area contributed by atoms with Crippen molar-refractivity contribution < 1.29 is 4.79 Å². The third-order valence-electron chi connectivity index (χ3n) is 3.14. The second-order valence-corrected chi connectivity index (χ2v) is 4.93. The van der Waals surface area contributed by atoms with Gasteiger partial charge in [0, 0.05) is 6.20 Å². The Labute approximate surface area is 127 Å². The van der Waals surface area contributed by atoms with Crippen LogP contribution in [0, 0.1) is 13.8 Å². The topological polar surface area (TPSA) is 72.7 Å². The summed E-state index contributed by atoms with van der Waals surface area (Å²) in [5, 5.41) is 11.3. The summed E-state index contributed by atoms with van der Waals surface area (Å²) in [7, 11) is 0. The molecule has 2 heterocycles. The Bertz CT molecular complexity index is 810. The van der Waals surface area contributed by atoms with Gasteiger partial charge in [0.15, 0.2) is 5.69 Å². The van der Waals surface area contributed by atoms with E-state index in [0.717, 1.165) is 11.3 Å². The van der Waals surface area contributed by atoms with Crippen molar-refractivity contribution in [3.8, 4) is 5.69 Å². The molecule has 3 aromatic rings. The molecule has 6 nitrogen and oxygen atoms in total. The molecule has 0 fully saturated rings. The molecule has 6 heteroatoms. The molecule has 0 aliphatic carbocycles. The third kappa shape index (κ3) is 2.85. The van der Waals surface area contributed by atoms with Crippen LogP contribution in [-0.4, -0.2) is 25.9 Å². The highest BCUT2D eigenvalue weighted by molar-refractivity contribution is 6.03. The van der Waals surface area contributed by atoms with Gasteiger partial charge in [-0.3, -0.25) is 4.79 Å². The Morgan fingerprint density at radius 3 is 2.59 bits per heavy atom. The predicted octanol–water partition coefficient (Wildman–Crippen LogP) is 2.53. The van der Waals surface area contributed by atoms with Crippen LogP contribution in [0.4, 0.5) is 5.82 Å². The molecule has 0 aliphatic heterocycles. The van der Waals surface area contributed by atoms with Crippen LogP contribution in [0.2, 0.25) is 0 Å². The summed E-state index contributed by atoms with van der Waals surface area (Å²) in [4.78, 5) is 17.9. The zero-order chi connectivity index (χ0) is 15.5. The second-order valence-electron chi connectivity index (χ2n) is 4.93. The summed E-state index contributed by atoms with van der Waals surface area (Å²) < 4.78 is 0. The largest absolute Gasteiger partial charge is 0.305 e. The molecular formula is C16H15N5O. The lowest BCUT2D eigenvalue weighted by Gasteiger charge is -2.03. The maximum absolute atomic E-state index is 12.3. The minimum absolute atomic E-state index is 0.284. The van der Waals surface area contributed by atoms with Crippen LogP contribution in [0.15, 0.2) is 48.7 Å². The summed E-state index contributed by atoms with van der Waals surface area (Å²) in [6.07, 6.45) is 1.65. The number of nitrogens with one attached hydrogen (secondary N) is 1. The average Bonchev–Trinajstić information content (AvgIpc) is 2.90. The van der Waals surface area contributed by atoms with Crippen LogP contribution in [0.25, 0.3) is 5.69 Å². The molecule has 110 valence electrons. The van der Waals surface area contributed by atoms with Gasteiger partial charge in [-0.15, -0.1) is 5.10 Å². The molecule has 2 aromatic heterocycles. The fraction of sp³-hybridized carbons (Fsp3) is 0.125. The number of nitrogens with zero attached hydrogens (tertiary/aromatic N) is 4. The monoisotopic (exact) mass is 293 g/mol. The minimum Gasteiger partial charge on any atom is -0.305 e. The maximum Gasteiger partial charge on any atom is 0.279 e. The standard InChI is InChI=1S/C16H15N5O/c1-11-8-9-17-14(10-11)18-16(22)15-12(2)19-21(20-15)13-6-4-3-5-7-13/h3-10H,1-2H3,(H,17,18,22). The Morgan fingerprint density at radius 2 is 1.86 bits per heavy atom. The number of rotatable bonds is 3. The number of amides is 1. The fourth-order valence-corrected chi connectivity index (χ4v) is 2.05. The summed E-state index contributed by atoms with van der Waals surface area (Å²) >= 11 is 0. The molecule has 1 aromatic carbocycles. The fourth-order valence-electron chi connectivity index (χ4n) is 2.05. The number of hydrogen-bond donors (Lipinski definition) is 1. The number of carbonyl (C=O) groups excluding carboxylic acids is 1. The lowest BCUT2D eigenvalue weighted by atomic mass is 10.3. The number of aromatic nitrogens is 4. The maximum atomic E-state index is 12.3. The quantitative estimate of drug-likeness (QED) is 0.805. The molecule has 1 N–H and O–H groups in total. The Kier molecular flexibility index (Phi) is 3.65. The molecule has 3 rings (SSSR count). The summed E-state index contributed by atoms with van der Waals surface area (Å²) in [6.45, 7) is 3.69. The number of benzene rings is 1. The van der Waals surface area contributed by atoms with Crippen molar-refractivity contribution in [1.82, 2.24) is 20.0 Å². The molecule has 0 aliphatic rings. The molecule has 0 saturated heterocycles. The van der Waals surface area contributed by atoms with Crippen molar-refractivity contribution in [3.05, 3.63) is 65.6 Å². The van der Waals surface area contributed by atoms with Gasteiger partial charge in [0.05, 0.1) is 11.4 Å². The van der Waals surface area contributed by atoms with E-state index in [-0.39, 0.29) is 11.6 Å². The van der Waals surface area contributed by atoms with Gasteiger partial charge in [-0.1, -0.05) is 18.2 Å². The highest BCUT2D eigenvalue weighted by Crippen LogP contribution is 2.11. The van der Waals surface area contributed by atoms with E-state index in [0.29, 0.717) is 11.5 Å². The van der Waals surface area contributed by atoms with E-state index in [4.69, 9.17) is 0 Å². The summed E-state index contributed by atoms with van der Waals surface area (Å²) in [6, 6.07) is 13.1. The predicted molar refractivity (Wildman–Crippen MR) is 83.0 cm³/mol. The molecular weight excluding hydrogens is 278 g/mol. The van der Waals surface area contributed by atoms with E-state index < -0.39 is 0 Å². The Morgan fingerprint density at radius 1 is 1.09 bits per heavy atom. The van der Waals surface area contributed by atoms with E-state index in [1.807, 2.05) is 43.3 Å². The van der Waals surface area contributed by atoms with Crippen molar-refractivity contribution in [2.24, 2.45) is 0 Å². The van der Waals surface area contributed by atoms with Gasteiger partial charge in [0.2, 0.25) is 0 Å². The van der Waals surface area contributed by atoms with E-state index in [2.05, 4.69) is 20.5 Å². The minimum atomic E-state index is -0.321. The number of pyridine rings is 1. The first kappa shape index (κ1) is 13.9. The normalized spacial score (nSPS) is 10.5. The molecule has 0 saturated carbocycles. The highest BCUT2D eigenvalue weighted by atomic mass is 16.2. The van der Waals surface area contributed by atoms with Crippen molar-refractivity contribution in [3.63, 3.8) is 0 Å². The van der Waals surface area contributed by atoms with Crippen LogP contribution in [0.5, 0.6) is 0 Å². The summed E-state index contributed by atoms with van der Waals surface area (Å²) in [5.41, 5.74) is 2.68. The van der Waals surface area contributed by atoms with Crippen molar-refractivity contribution in [2.45, 2.75) is 13.8 Å². The number of carbonyl (C=O) groups is 1. The second kappa shape index (κ2) is 5.77. The zero-order valence-electron chi connectivity index (χ0n) is 12.3. The third-order valence-corrected chi connectivity index (χ3v) is 3.14. The van der Waals surface area contributed by atoms with E-state index in [1.54, 1.807) is 19.2 Å². The van der Waals surface area contributed by atoms with Gasteiger partial charge in [-0.05, 0) is 43.7 Å². The van der Waals surface area contributed by atoms with Gasteiger partial charge in [0.25, 0.3) is 5.91 Å². The van der Waals surface area contributed by atoms with Gasteiger partial charge in [0.1, 0.15) is 5.82 Å². The Hall–Kier alpha value is -3.02. The Balaban J connectivity index is 1.86. The number of para-hydroxylation sites is 1. The molecule has 0 bridgehead atoms. The van der Waals surface area contributed by atoms with Gasteiger partial charge < -0.3 is 5.32 Å². The molecule has 0 spiro atoms. The first-order valence-corrected chi connectivity index (χ1v) is 6.87. The van der Waals surface area contributed by atoms with Crippen molar-refractivity contribution >= 4 is 11.7 Å². The number of hydrogen-bond acceptors (Lipinski definition) is 4. The highest BCUT2D eigenvalue weighted by Gasteiger charge is 2.16. The average molecular weight is 293 g/mol.